The van der Waals surface area contributed by atoms with E-state index < -0.39 is 0 Å². The van der Waals surface area contributed by atoms with Crippen molar-refractivity contribution in [1.82, 2.24) is 10.2 Å². The monoisotopic (exact) mass is 193 g/mol. The van der Waals surface area contributed by atoms with E-state index in [-0.39, 0.29) is 5.91 Å². The SMILES string of the molecule is N#CCCNC1CC(=O)N2CCCC12. The average molecular weight is 193 g/mol. The molecule has 0 aromatic rings. The van der Waals surface area contributed by atoms with Crippen molar-refractivity contribution >= 4 is 5.91 Å². The number of hydrogen-bond donors (Lipinski definition) is 1. The maximum absolute atomic E-state index is 11.5. The van der Waals surface area contributed by atoms with Gasteiger partial charge < -0.3 is 10.2 Å². The van der Waals surface area contributed by atoms with Gasteiger partial charge >= 0.3 is 0 Å². The Labute approximate surface area is 83.9 Å². The molecule has 0 spiro atoms. The Bertz CT molecular complexity index is 271. The molecule has 2 heterocycles. The van der Waals surface area contributed by atoms with Gasteiger partial charge in [-0.3, -0.25) is 4.79 Å². The van der Waals surface area contributed by atoms with Gasteiger partial charge in [0.1, 0.15) is 0 Å². The van der Waals surface area contributed by atoms with E-state index >= 15 is 0 Å². The Kier molecular flexibility index (Phi) is 2.69. The zero-order valence-electron chi connectivity index (χ0n) is 8.20. The van der Waals surface area contributed by atoms with Gasteiger partial charge in [-0.15, -0.1) is 0 Å². The first-order valence-corrected chi connectivity index (χ1v) is 5.22. The van der Waals surface area contributed by atoms with Crippen LogP contribution in [0.25, 0.3) is 0 Å². The number of nitriles is 1. The van der Waals surface area contributed by atoms with Crippen LogP contribution < -0.4 is 5.32 Å². The predicted octanol–water partition coefficient (Wildman–Crippen LogP) is 0.253. The Hall–Kier alpha value is -1.08. The highest BCUT2D eigenvalue weighted by atomic mass is 16.2. The number of carbonyl (C=O) groups is 1. The third kappa shape index (κ3) is 1.60. The van der Waals surface area contributed by atoms with Crippen LogP contribution in [-0.2, 0) is 4.79 Å². The molecular formula is C10H15N3O. The van der Waals surface area contributed by atoms with E-state index in [0.29, 0.717) is 31.5 Å². The topological polar surface area (TPSA) is 56.1 Å². The molecule has 0 radical (unpaired) electrons. The first kappa shape index (κ1) is 9.47. The van der Waals surface area contributed by atoms with Gasteiger partial charge in [-0.1, -0.05) is 0 Å². The van der Waals surface area contributed by atoms with Crippen molar-refractivity contribution in [3.8, 4) is 6.07 Å². The minimum atomic E-state index is 0.280. The molecule has 2 unspecified atom stereocenters. The molecule has 2 fully saturated rings. The fraction of sp³-hybridized carbons (Fsp3) is 0.800. The largest absolute Gasteiger partial charge is 0.338 e. The Morgan fingerprint density at radius 1 is 1.64 bits per heavy atom. The molecule has 4 nitrogen and oxygen atoms in total. The summed E-state index contributed by atoms with van der Waals surface area (Å²) in [7, 11) is 0. The summed E-state index contributed by atoms with van der Waals surface area (Å²) in [6.45, 7) is 1.64. The van der Waals surface area contributed by atoms with E-state index in [1.54, 1.807) is 0 Å². The number of nitrogens with zero attached hydrogens (tertiary/aromatic N) is 2. The molecule has 14 heavy (non-hydrogen) atoms. The molecule has 0 bridgehead atoms. The highest BCUT2D eigenvalue weighted by Crippen LogP contribution is 2.28. The van der Waals surface area contributed by atoms with Crippen LogP contribution in [0.5, 0.6) is 0 Å². The normalized spacial score (nSPS) is 30.5. The summed E-state index contributed by atoms with van der Waals surface area (Å²) in [5, 5.41) is 11.7. The molecule has 0 aromatic heterocycles. The second-order valence-corrected chi connectivity index (χ2v) is 3.97. The van der Waals surface area contributed by atoms with Crippen LogP contribution in [0.2, 0.25) is 0 Å². The van der Waals surface area contributed by atoms with Gasteiger partial charge in [-0.25, -0.2) is 0 Å². The summed E-state index contributed by atoms with van der Waals surface area (Å²) in [4.78, 5) is 13.5. The quantitative estimate of drug-likeness (QED) is 0.654. The van der Waals surface area contributed by atoms with E-state index in [4.69, 9.17) is 5.26 Å². The Balaban J connectivity index is 1.88. The molecule has 0 aliphatic carbocycles. The third-order valence-corrected chi connectivity index (χ3v) is 3.12. The molecule has 2 aliphatic rings. The lowest BCUT2D eigenvalue weighted by atomic mass is 10.1. The smallest absolute Gasteiger partial charge is 0.224 e. The highest BCUT2D eigenvalue weighted by Gasteiger charge is 2.41. The maximum atomic E-state index is 11.5. The minimum Gasteiger partial charge on any atom is -0.338 e. The molecule has 2 saturated heterocycles. The van der Waals surface area contributed by atoms with Crippen LogP contribution >= 0.6 is 0 Å². The summed E-state index contributed by atoms with van der Waals surface area (Å²) in [6.07, 6.45) is 3.40. The average Bonchev–Trinajstić information content (AvgIpc) is 2.72. The Morgan fingerprint density at radius 3 is 3.29 bits per heavy atom. The zero-order chi connectivity index (χ0) is 9.97. The van der Waals surface area contributed by atoms with E-state index in [0.717, 1.165) is 19.4 Å². The van der Waals surface area contributed by atoms with Gasteiger partial charge in [-0.2, -0.15) is 5.26 Å². The van der Waals surface area contributed by atoms with Crippen molar-refractivity contribution < 1.29 is 4.79 Å². The molecule has 2 aliphatic heterocycles. The zero-order valence-corrected chi connectivity index (χ0v) is 8.20. The standard InChI is InChI=1S/C10H15N3O/c11-4-2-5-12-8-7-10(14)13-6-1-3-9(8)13/h8-9,12H,1-3,5-7H2. The van der Waals surface area contributed by atoms with Crippen molar-refractivity contribution in [3.63, 3.8) is 0 Å². The molecular weight excluding hydrogens is 178 g/mol. The fourth-order valence-corrected chi connectivity index (χ4v) is 2.48. The molecule has 0 aromatic carbocycles. The first-order valence-electron chi connectivity index (χ1n) is 5.22. The van der Waals surface area contributed by atoms with Crippen molar-refractivity contribution in [2.75, 3.05) is 13.1 Å². The van der Waals surface area contributed by atoms with Gasteiger partial charge in [0.25, 0.3) is 0 Å². The van der Waals surface area contributed by atoms with Gasteiger partial charge in [0, 0.05) is 38.0 Å². The predicted molar refractivity (Wildman–Crippen MR) is 51.4 cm³/mol. The summed E-state index contributed by atoms with van der Waals surface area (Å²) in [6, 6.07) is 2.80. The van der Waals surface area contributed by atoms with Crippen molar-refractivity contribution in [2.45, 2.75) is 37.8 Å². The van der Waals surface area contributed by atoms with E-state index in [2.05, 4.69) is 11.4 Å². The van der Waals surface area contributed by atoms with Crippen LogP contribution in [0, 0.1) is 11.3 Å². The summed E-state index contributed by atoms with van der Waals surface area (Å²) >= 11 is 0. The molecule has 4 heteroatoms. The number of amides is 1. The van der Waals surface area contributed by atoms with Gasteiger partial charge in [0.2, 0.25) is 5.91 Å². The van der Waals surface area contributed by atoms with Crippen LogP contribution in [0.15, 0.2) is 0 Å². The molecule has 0 saturated carbocycles. The Morgan fingerprint density at radius 2 is 2.50 bits per heavy atom. The number of carbonyl (C=O) groups excluding carboxylic acids is 1. The second kappa shape index (κ2) is 3.97. The summed E-state index contributed by atoms with van der Waals surface area (Å²) in [5.74, 6) is 0.280. The molecule has 2 rings (SSSR count). The number of rotatable bonds is 3. The van der Waals surface area contributed by atoms with Crippen LogP contribution in [0.3, 0.4) is 0 Å². The second-order valence-electron chi connectivity index (χ2n) is 3.97. The van der Waals surface area contributed by atoms with Crippen molar-refractivity contribution in [3.05, 3.63) is 0 Å². The lowest BCUT2D eigenvalue weighted by Gasteiger charge is -2.20. The summed E-state index contributed by atoms with van der Waals surface area (Å²) < 4.78 is 0. The highest BCUT2D eigenvalue weighted by molar-refractivity contribution is 5.80. The van der Waals surface area contributed by atoms with Crippen molar-refractivity contribution in [1.29, 1.82) is 5.26 Å². The van der Waals surface area contributed by atoms with Gasteiger partial charge in [0.05, 0.1) is 6.07 Å². The molecule has 1 amide bonds. The van der Waals surface area contributed by atoms with E-state index in [1.165, 1.54) is 0 Å². The van der Waals surface area contributed by atoms with Gasteiger partial charge in [-0.05, 0) is 12.8 Å². The van der Waals surface area contributed by atoms with E-state index in [9.17, 15) is 4.79 Å². The lowest BCUT2D eigenvalue weighted by molar-refractivity contribution is -0.127. The van der Waals surface area contributed by atoms with Crippen molar-refractivity contribution in [2.24, 2.45) is 0 Å². The van der Waals surface area contributed by atoms with Crippen LogP contribution in [-0.4, -0.2) is 36.0 Å². The molecule has 76 valence electrons. The fourth-order valence-electron chi connectivity index (χ4n) is 2.48. The van der Waals surface area contributed by atoms with E-state index in [1.807, 2.05) is 4.90 Å². The van der Waals surface area contributed by atoms with Crippen LogP contribution in [0.1, 0.15) is 25.7 Å². The first-order chi connectivity index (χ1) is 6.83. The molecule has 2 atom stereocenters. The number of nitrogens with one attached hydrogen (secondary N) is 1. The lowest BCUT2D eigenvalue weighted by Crippen LogP contribution is -2.39. The maximum Gasteiger partial charge on any atom is 0.224 e. The summed E-state index contributed by atoms with van der Waals surface area (Å²) in [5.41, 5.74) is 0. The minimum absolute atomic E-state index is 0.280. The number of hydrogen-bond acceptors (Lipinski definition) is 3. The molecule has 1 N–H and O–H groups in total. The van der Waals surface area contributed by atoms with Gasteiger partial charge in [0.15, 0.2) is 0 Å². The number of fused-ring (bicyclic) bond motifs is 1. The van der Waals surface area contributed by atoms with Crippen LogP contribution in [0.4, 0.5) is 0 Å². The third-order valence-electron chi connectivity index (χ3n) is 3.12.